The molecule has 0 bridgehead atoms. The van der Waals surface area contributed by atoms with Gasteiger partial charge in [0.1, 0.15) is 10.9 Å². The molecule has 0 aliphatic carbocycles. The number of nitrogens with zero attached hydrogens (tertiary/aromatic N) is 2. The maximum Gasteiger partial charge on any atom is 0.267 e. The van der Waals surface area contributed by atoms with Gasteiger partial charge in [0.2, 0.25) is 5.90 Å². The molecule has 1 aliphatic rings. The van der Waals surface area contributed by atoms with E-state index in [1.54, 1.807) is 26.1 Å². The van der Waals surface area contributed by atoms with Crippen molar-refractivity contribution in [2.75, 3.05) is 4.43 Å². The van der Waals surface area contributed by atoms with Gasteiger partial charge in [0.05, 0.1) is 10.1 Å². The lowest BCUT2D eigenvalue weighted by Gasteiger charge is -2.36. The molecule has 1 unspecified atom stereocenters. The third-order valence-corrected chi connectivity index (χ3v) is 6.36. The van der Waals surface area contributed by atoms with E-state index < -0.39 is 20.9 Å². The average Bonchev–Trinajstić information content (AvgIpc) is 2.54. The Bertz CT molecular complexity index is 862. The lowest BCUT2D eigenvalue weighted by molar-refractivity contribution is 0.0846. The van der Waals surface area contributed by atoms with Crippen molar-refractivity contribution in [3.63, 3.8) is 0 Å². The fourth-order valence-corrected chi connectivity index (χ4v) is 5.19. The highest BCUT2D eigenvalue weighted by molar-refractivity contribution is 14.1. The number of alkyl halides is 1. The van der Waals surface area contributed by atoms with E-state index in [0.717, 1.165) is 11.3 Å². The fourth-order valence-electron chi connectivity index (χ4n) is 2.89. The first-order valence-electron chi connectivity index (χ1n) is 7.42. The summed E-state index contributed by atoms with van der Waals surface area (Å²) in [6.45, 7) is 3.53. The van der Waals surface area contributed by atoms with E-state index in [4.69, 9.17) is 4.74 Å². The lowest BCUT2D eigenvalue weighted by atomic mass is 9.98. The zero-order chi connectivity index (χ0) is 17.4. The summed E-state index contributed by atoms with van der Waals surface area (Å²) in [5.41, 5.74) is 1.45. The lowest BCUT2D eigenvalue weighted by Crippen LogP contribution is -2.43. The van der Waals surface area contributed by atoms with E-state index in [1.807, 2.05) is 59.0 Å². The third kappa shape index (κ3) is 3.32. The molecule has 7 heteroatoms. The van der Waals surface area contributed by atoms with Gasteiger partial charge in [0.25, 0.3) is 10.0 Å². The van der Waals surface area contributed by atoms with Crippen molar-refractivity contribution in [1.29, 1.82) is 0 Å². The van der Waals surface area contributed by atoms with Crippen molar-refractivity contribution in [3.05, 3.63) is 54.2 Å². The van der Waals surface area contributed by atoms with Crippen molar-refractivity contribution < 1.29 is 13.2 Å². The molecule has 1 aliphatic heterocycles. The number of ether oxygens (including phenoxy) is 1. The molecular formula is C17H17IN2O3S. The molecule has 0 saturated heterocycles. The van der Waals surface area contributed by atoms with E-state index >= 15 is 0 Å². The maximum atomic E-state index is 12.6. The zero-order valence-electron chi connectivity index (χ0n) is 13.3. The van der Waals surface area contributed by atoms with Crippen molar-refractivity contribution in [3.8, 4) is 11.3 Å². The predicted molar refractivity (Wildman–Crippen MR) is 103 cm³/mol. The zero-order valence-corrected chi connectivity index (χ0v) is 16.3. The van der Waals surface area contributed by atoms with Crippen LogP contribution in [0.2, 0.25) is 0 Å². The predicted octanol–water partition coefficient (Wildman–Crippen LogP) is 3.76. The van der Waals surface area contributed by atoms with Crippen LogP contribution < -0.4 is 0 Å². The van der Waals surface area contributed by atoms with Gasteiger partial charge in [-0.25, -0.2) is 8.42 Å². The number of aromatic nitrogens is 1. The Kier molecular flexibility index (Phi) is 4.65. The minimum absolute atomic E-state index is 0.241. The number of hydrogen-bond acceptors (Lipinski definition) is 4. The van der Waals surface area contributed by atoms with Gasteiger partial charge in [-0.2, -0.15) is 0 Å². The van der Waals surface area contributed by atoms with E-state index in [9.17, 15) is 8.42 Å². The van der Waals surface area contributed by atoms with Crippen LogP contribution in [0.3, 0.4) is 0 Å². The standard InChI is InChI=1S/C17H17IN2O3S/c1-17(2)16(24(21,22)20-15(10-18)23-17)13-8-9-14(19-11-13)12-6-4-3-5-7-12/h3-9,11,16H,10H2,1-2H3. The summed E-state index contributed by atoms with van der Waals surface area (Å²) in [6.07, 6.45) is 1.60. The molecule has 3 rings (SSSR count). The van der Waals surface area contributed by atoms with Crippen LogP contribution in [0, 0.1) is 0 Å². The average molecular weight is 456 g/mol. The molecule has 0 radical (unpaired) electrons. The van der Waals surface area contributed by atoms with Gasteiger partial charge >= 0.3 is 0 Å². The number of hydrogen-bond donors (Lipinski definition) is 0. The van der Waals surface area contributed by atoms with Gasteiger partial charge in [-0.1, -0.05) is 59.0 Å². The first kappa shape index (κ1) is 17.3. The van der Waals surface area contributed by atoms with Crippen molar-refractivity contribution in [2.45, 2.75) is 24.7 Å². The highest BCUT2D eigenvalue weighted by Crippen LogP contribution is 2.40. The molecule has 2 heterocycles. The minimum atomic E-state index is -3.70. The Morgan fingerprint density at radius 1 is 1.17 bits per heavy atom. The van der Waals surface area contributed by atoms with Crippen LogP contribution in [0.15, 0.2) is 53.1 Å². The van der Waals surface area contributed by atoms with Gasteiger partial charge < -0.3 is 4.74 Å². The number of pyridine rings is 1. The van der Waals surface area contributed by atoms with Crippen LogP contribution in [0.1, 0.15) is 24.7 Å². The second kappa shape index (κ2) is 6.44. The van der Waals surface area contributed by atoms with Crippen molar-refractivity contribution in [1.82, 2.24) is 4.98 Å². The minimum Gasteiger partial charge on any atom is -0.472 e. The summed E-state index contributed by atoms with van der Waals surface area (Å²) in [5, 5.41) is -0.881. The molecule has 2 aromatic rings. The van der Waals surface area contributed by atoms with Gasteiger partial charge in [0.15, 0.2) is 0 Å². The van der Waals surface area contributed by atoms with Crippen LogP contribution in [-0.4, -0.2) is 29.3 Å². The number of benzene rings is 1. The molecule has 0 saturated carbocycles. The molecule has 0 spiro atoms. The van der Waals surface area contributed by atoms with Crippen LogP contribution in [-0.2, 0) is 14.8 Å². The van der Waals surface area contributed by atoms with Crippen LogP contribution >= 0.6 is 22.6 Å². The molecule has 1 atom stereocenters. The topological polar surface area (TPSA) is 68.6 Å². The fraction of sp³-hybridized carbons (Fsp3) is 0.294. The molecule has 0 N–H and O–H groups in total. The highest BCUT2D eigenvalue weighted by Gasteiger charge is 2.47. The summed E-state index contributed by atoms with van der Waals surface area (Å²) in [6, 6.07) is 13.4. The Hall–Kier alpha value is -1.48. The van der Waals surface area contributed by atoms with E-state index in [2.05, 4.69) is 9.38 Å². The van der Waals surface area contributed by atoms with Crippen molar-refractivity contribution >= 4 is 38.5 Å². The van der Waals surface area contributed by atoms with Crippen LogP contribution in [0.25, 0.3) is 11.3 Å². The highest BCUT2D eigenvalue weighted by atomic mass is 127. The molecule has 1 aromatic heterocycles. The second-order valence-electron chi connectivity index (χ2n) is 6.06. The second-order valence-corrected chi connectivity index (χ2v) is 8.51. The number of rotatable bonds is 3. The monoisotopic (exact) mass is 456 g/mol. The van der Waals surface area contributed by atoms with Gasteiger partial charge in [-0.05, 0) is 25.5 Å². The maximum absolute atomic E-state index is 12.6. The molecule has 1 aromatic carbocycles. The summed E-state index contributed by atoms with van der Waals surface area (Å²) in [5.74, 6) is 0.241. The van der Waals surface area contributed by atoms with Gasteiger partial charge in [-0.3, -0.25) is 4.98 Å². The molecular weight excluding hydrogens is 439 g/mol. The Labute approximate surface area is 155 Å². The Morgan fingerprint density at radius 3 is 2.42 bits per heavy atom. The quantitative estimate of drug-likeness (QED) is 0.521. The Morgan fingerprint density at radius 2 is 1.88 bits per heavy atom. The summed E-state index contributed by atoms with van der Waals surface area (Å²) < 4.78 is 35.2. The largest absolute Gasteiger partial charge is 0.472 e. The normalized spacial score (nSPS) is 21.6. The molecule has 126 valence electrons. The van der Waals surface area contributed by atoms with Crippen LogP contribution in [0.5, 0.6) is 0 Å². The van der Waals surface area contributed by atoms with E-state index in [0.29, 0.717) is 9.99 Å². The number of halogens is 1. The Balaban J connectivity index is 2.01. The first-order valence-corrected chi connectivity index (χ1v) is 10.5. The van der Waals surface area contributed by atoms with Gasteiger partial charge in [-0.15, -0.1) is 4.40 Å². The smallest absolute Gasteiger partial charge is 0.267 e. The molecule has 5 nitrogen and oxygen atoms in total. The number of sulfonamides is 1. The van der Waals surface area contributed by atoms with Crippen molar-refractivity contribution in [2.24, 2.45) is 4.40 Å². The summed E-state index contributed by atoms with van der Waals surface area (Å²) in [7, 11) is -3.70. The SMILES string of the molecule is CC1(C)OC(CI)=NS(=O)(=O)C1c1ccc(-c2ccccc2)nc1. The van der Waals surface area contributed by atoms with Crippen LogP contribution in [0.4, 0.5) is 0 Å². The summed E-state index contributed by atoms with van der Waals surface area (Å²) in [4.78, 5) is 4.42. The summed E-state index contributed by atoms with van der Waals surface area (Å²) >= 11 is 2.04. The molecule has 0 amide bonds. The van der Waals surface area contributed by atoms with E-state index in [-0.39, 0.29) is 5.90 Å². The molecule has 0 fully saturated rings. The molecule has 24 heavy (non-hydrogen) atoms. The first-order chi connectivity index (χ1) is 11.3. The van der Waals surface area contributed by atoms with Gasteiger partial charge in [0, 0.05) is 11.8 Å². The third-order valence-electron chi connectivity index (χ3n) is 3.81. The van der Waals surface area contributed by atoms with E-state index in [1.165, 1.54) is 0 Å².